The highest BCUT2D eigenvalue weighted by Crippen LogP contribution is 2.29. The Morgan fingerprint density at radius 1 is 1.37 bits per heavy atom. The van der Waals surface area contributed by atoms with Crippen LogP contribution in [0.25, 0.3) is 10.2 Å². The number of thiazole rings is 1. The first-order valence-electron chi connectivity index (χ1n) is 9.41. The number of likely N-dealkylation sites (N-methyl/N-ethyl adjacent to an activating group) is 1. The van der Waals surface area contributed by atoms with Crippen LogP contribution in [0.15, 0.2) is 24.3 Å². The summed E-state index contributed by atoms with van der Waals surface area (Å²) >= 11 is 1.57. The van der Waals surface area contributed by atoms with Gasteiger partial charge in [0.25, 0.3) is 0 Å². The maximum atomic E-state index is 13.0. The molecule has 1 N–H and O–H groups in total. The van der Waals surface area contributed by atoms with E-state index in [-0.39, 0.29) is 11.8 Å². The molecule has 0 aliphatic carbocycles. The number of likely N-dealkylation sites (tertiary alicyclic amines) is 1. The Kier molecular flexibility index (Phi) is 5.18. The third-order valence-electron chi connectivity index (χ3n) is 4.97. The molecule has 1 amide bonds. The number of hydrogen-bond donors (Lipinski definition) is 1. The van der Waals surface area contributed by atoms with Gasteiger partial charge in [0.1, 0.15) is 5.82 Å². The Hall–Kier alpha value is -2.32. The Balaban J connectivity index is 1.45. The van der Waals surface area contributed by atoms with Crippen LogP contribution in [0.5, 0.6) is 0 Å². The van der Waals surface area contributed by atoms with Gasteiger partial charge in [0.15, 0.2) is 11.0 Å². The molecule has 1 fully saturated rings. The molecule has 142 valence electrons. The fourth-order valence-corrected chi connectivity index (χ4v) is 4.67. The highest BCUT2D eigenvalue weighted by Gasteiger charge is 2.27. The van der Waals surface area contributed by atoms with Crippen molar-refractivity contribution in [1.82, 2.24) is 25.1 Å². The number of aryl methyl sites for hydroxylation is 1. The number of rotatable bonds is 5. The fraction of sp³-hybridized carbons (Fsp3) is 0.474. The van der Waals surface area contributed by atoms with Crippen LogP contribution in [0, 0.1) is 6.92 Å². The molecular weight excluding hydrogens is 360 g/mol. The van der Waals surface area contributed by atoms with E-state index in [0.29, 0.717) is 13.1 Å². The second kappa shape index (κ2) is 7.74. The number of nitrogens with one attached hydrogen (secondary N) is 1. The summed E-state index contributed by atoms with van der Waals surface area (Å²) in [6.45, 7) is 6.69. The lowest BCUT2D eigenvalue weighted by atomic mass is 9.97. The zero-order chi connectivity index (χ0) is 18.8. The zero-order valence-corrected chi connectivity index (χ0v) is 16.5. The summed E-state index contributed by atoms with van der Waals surface area (Å²) in [5, 5.41) is 8.01. The number of aromatic nitrogens is 4. The lowest BCUT2D eigenvalue weighted by Crippen LogP contribution is -2.44. The largest absolute Gasteiger partial charge is 0.294 e. The molecule has 3 aromatic rings. The van der Waals surface area contributed by atoms with Gasteiger partial charge in [-0.25, -0.2) is 9.97 Å². The normalized spacial score (nSPS) is 18.1. The number of fused-ring (bicyclic) bond motifs is 1. The summed E-state index contributed by atoms with van der Waals surface area (Å²) in [6, 6.07) is 8.01. The summed E-state index contributed by atoms with van der Waals surface area (Å²) in [6.07, 6.45) is 2.12. The summed E-state index contributed by atoms with van der Waals surface area (Å²) in [4.78, 5) is 26.1. The Morgan fingerprint density at radius 2 is 2.22 bits per heavy atom. The Labute approximate surface area is 162 Å². The third-order valence-corrected chi connectivity index (χ3v) is 6.03. The number of amides is 1. The first-order chi connectivity index (χ1) is 13.1. The minimum Gasteiger partial charge on any atom is -0.294 e. The molecule has 0 unspecified atom stereocenters. The lowest BCUT2D eigenvalue weighted by molar-refractivity contribution is -0.120. The molecule has 8 heteroatoms. The van der Waals surface area contributed by atoms with Crippen LogP contribution in [-0.4, -0.2) is 57.2 Å². The van der Waals surface area contributed by atoms with Gasteiger partial charge in [-0.2, -0.15) is 5.10 Å². The predicted molar refractivity (Wildman–Crippen MR) is 107 cm³/mol. The van der Waals surface area contributed by atoms with Gasteiger partial charge in [0, 0.05) is 19.0 Å². The van der Waals surface area contributed by atoms with Crippen LogP contribution < -0.4 is 4.90 Å². The van der Waals surface area contributed by atoms with Crippen LogP contribution in [0.1, 0.15) is 37.3 Å². The Bertz CT molecular complexity index is 902. The van der Waals surface area contributed by atoms with Crippen LogP contribution in [-0.2, 0) is 4.79 Å². The molecule has 2 aromatic heterocycles. The van der Waals surface area contributed by atoms with Crippen molar-refractivity contribution >= 4 is 32.6 Å². The molecular formula is C19H24N6OS. The highest BCUT2D eigenvalue weighted by molar-refractivity contribution is 7.22. The summed E-state index contributed by atoms with van der Waals surface area (Å²) in [7, 11) is 0. The van der Waals surface area contributed by atoms with Gasteiger partial charge in [-0.3, -0.25) is 19.7 Å². The number of piperidine rings is 1. The SMILES string of the molecule is CCN(C(=O)CN1CCC[C@H](c2n[nH]c(C)n2)C1)c1nc2ccccc2s1. The van der Waals surface area contributed by atoms with Crippen molar-refractivity contribution in [1.29, 1.82) is 0 Å². The number of H-pyrrole nitrogens is 1. The van der Waals surface area contributed by atoms with Crippen LogP contribution in [0.2, 0.25) is 0 Å². The van der Waals surface area contributed by atoms with E-state index in [1.165, 1.54) is 0 Å². The highest BCUT2D eigenvalue weighted by atomic mass is 32.1. The van der Waals surface area contributed by atoms with Gasteiger partial charge in [-0.1, -0.05) is 23.5 Å². The van der Waals surface area contributed by atoms with Crippen LogP contribution >= 0.6 is 11.3 Å². The van der Waals surface area contributed by atoms with Crippen LogP contribution in [0.3, 0.4) is 0 Å². The molecule has 1 saturated heterocycles. The molecule has 27 heavy (non-hydrogen) atoms. The van der Waals surface area contributed by atoms with E-state index in [0.717, 1.165) is 52.9 Å². The predicted octanol–water partition coefficient (Wildman–Crippen LogP) is 2.96. The number of hydrogen-bond acceptors (Lipinski definition) is 6. The second-order valence-electron chi connectivity index (χ2n) is 6.96. The molecule has 1 aliphatic heterocycles. The van der Waals surface area contributed by atoms with E-state index in [1.807, 2.05) is 38.1 Å². The second-order valence-corrected chi connectivity index (χ2v) is 7.96. The summed E-state index contributed by atoms with van der Waals surface area (Å²) in [5.74, 6) is 2.09. The van der Waals surface area contributed by atoms with Crippen molar-refractivity contribution in [3.63, 3.8) is 0 Å². The van der Waals surface area contributed by atoms with Crippen molar-refractivity contribution in [3.05, 3.63) is 35.9 Å². The molecule has 1 aliphatic rings. The number of carbonyl (C=O) groups excluding carboxylic acids is 1. The van der Waals surface area contributed by atoms with Gasteiger partial charge < -0.3 is 0 Å². The smallest absolute Gasteiger partial charge is 0.242 e. The van der Waals surface area contributed by atoms with E-state index in [1.54, 1.807) is 16.2 Å². The quantitative estimate of drug-likeness (QED) is 0.732. The first-order valence-corrected chi connectivity index (χ1v) is 10.2. The fourth-order valence-electron chi connectivity index (χ4n) is 3.62. The van der Waals surface area contributed by atoms with E-state index >= 15 is 0 Å². The molecule has 0 radical (unpaired) electrons. The minimum absolute atomic E-state index is 0.100. The lowest BCUT2D eigenvalue weighted by Gasteiger charge is -2.32. The molecule has 7 nitrogen and oxygen atoms in total. The molecule has 0 spiro atoms. The number of anilines is 1. The van der Waals surface area contributed by atoms with E-state index in [4.69, 9.17) is 0 Å². The molecule has 0 bridgehead atoms. The first kappa shape index (κ1) is 18.1. The minimum atomic E-state index is 0.100. The van der Waals surface area contributed by atoms with Crippen molar-refractivity contribution < 1.29 is 4.79 Å². The standard InChI is InChI=1S/C19H24N6OS/c1-3-25(19-21-15-8-4-5-9-16(15)27-19)17(26)12-24-10-6-7-14(11-24)18-20-13(2)22-23-18/h4-5,8-9,14H,3,6-7,10-12H2,1-2H3,(H,20,22,23)/t14-/m0/s1. The molecule has 1 atom stereocenters. The summed E-state index contributed by atoms with van der Waals surface area (Å²) in [5.41, 5.74) is 0.946. The van der Waals surface area contributed by atoms with Crippen LogP contribution in [0.4, 0.5) is 5.13 Å². The maximum absolute atomic E-state index is 13.0. The van der Waals surface area contributed by atoms with Gasteiger partial charge in [-0.15, -0.1) is 0 Å². The maximum Gasteiger partial charge on any atom is 0.242 e. The van der Waals surface area contributed by atoms with E-state index in [2.05, 4.69) is 25.1 Å². The van der Waals surface area contributed by atoms with Crippen molar-refractivity contribution in [2.75, 3.05) is 31.1 Å². The molecule has 0 saturated carbocycles. The van der Waals surface area contributed by atoms with Gasteiger partial charge in [0.2, 0.25) is 5.91 Å². The number of nitrogens with zero attached hydrogens (tertiary/aromatic N) is 5. The Morgan fingerprint density at radius 3 is 2.96 bits per heavy atom. The number of carbonyl (C=O) groups is 1. The average Bonchev–Trinajstić information content (AvgIpc) is 3.28. The summed E-state index contributed by atoms with van der Waals surface area (Å²) < 4.78 is 1.11. The van der Waals surface area contributed by atoms with E-state index in [9.17, 15) is 4.79 Å². The zero-order valence-electron chi connectivity index (χ0n) is 15.7. The van der Waals surface area contributed by atoms with Gasteiger partial charge >= 0.3 is 0 Å². The van der Waals surface area contributed by atoms with Gasteiger partial charge in [0.05, 0.1) is 16.8 Å². The number of benzene rings is 1. The molecule has 4 rings (SSSR count). The number of aromatic amines is 1. The molecule has 1 aromatic carbocycles. The third kappa shape index (κ3) is 3.86. The van der Waals surface area contributed by atoms with Gasteiger partial charge in [-0.05, 0) is 45.4 Å². The van der Waals surface area contributed by atoms with E-state index < -0.39 is 0 Å². The average molecular weight is 385 g/mol. The topological polar surface area (TPSA) is 78.0 Å². The monoisotopic (exact) mass is 384 g/mol. The van der Waals surface area contributed by atoms with Crippen molar-refractivity contribution in [2.45, 2.75) is 32.6 Å². The molecule has 3 heterocycles. The number of para-hydroxylation sites is 1. The van der Waals surface area contributed by atoms with Crippen molar-refractivity contribution in [3.8, 4) is 0 Å². The van der Waals surface area contributed by atoms with Crippen molar-refractivity contribution in [2.24, 2.45) is 0 Å².